The van der Waals surface area contributed by atoms with E-state index in [-0.39, 0.29) is 23.5 Å². The third-order valence-electron chi connectivity index (χ3n) is 4.01. The molecule has 2 heterocycles. The van der Waals surface area contributed by atoms with Crippen LogP contribution in [0.15, 0.2) is 30.3 Å². The molecule has 0 radical (unpaired) electrons. The lowest BCUT2D eigenvalue weighted by Crippen LogP contribution is -2.19. The van der Waals surface area contributed by atoms with Crippen LogP contribution < -0.4 is 10.1 Å². The van der Waals surface area contributed by atoms with E-state index in [1.165, 1.54) is 0 Å². The maximum absolute atomic E-state index is 12.4. The Morgan fingerprint density at radius 2 is 2.04 bits per heavy atom. The summed E-state index contributed by atoms with van der Waals surface area (Å²) in [5, 5.41) is 7.17. The van der Waals surface area contributed by atoms with E-state index in [1.54, 1.807) is 42.1 Å². The molecule has 0 saturated carbocycles. The van der Waals surface area contributed by atoms with Gasteiger partial charge in [0.1, 0.15) is 11.6 Å². The molecule has 1 aromatic carbocycles. The SMILES string of the molecule is COc1ccc(C(=O)Nc2cc(C)nn2[C@H]2CCS(=O)(=O)C2)cc1. The summed E-state index contributed by atoms with van der Waals surface area (Å²) in [6, 6.07) is 8.26. The molecule has 0 aliphatic carbocycles. The highest BCUT2D eigenvalue weighted by atomic mass is 32.2. The first-order chi connectivity index (χ1) is 11.4. The zero-order chi connectivity index (χ0) is 17.3. The van der Waals surface area contributed by atoms with Crippen LogP contribution in [0, 0.1) is 6.92 Å². The molecular formula is C16H19N3O4S. The lowest BCUT2D eigenvalue weighted by Gasteiger charge is -2.14. The molecule has 0 spiro atoms. The lowest BCUT2D eigenvalue weighted by atomic mass is 10.2. The topological polar surface area (TPSA) is 90.3 Å². The molecule has 1 amide bonds. The van der Waals surface area contributed by atoms with Crippen molar-refractivity contribution in [3.8, 4) is 5.75 Å². The van der Waals surface area contributed by atoms with Crippen molar-refractivity contribution in [1.29, 1.82) is 0 Å². The van der Waals surface area contributed by atoms with Crippen LogP contribution in [0.1, 0.15) is 28.5 Å². The van der Waals surface area contributed by atoms with Crippen molar-refractivity contribution >= 4 is 21.6 Å². The smallest absolute Gasteiger partial charge is 0.256 e. The molecule has 1 aliphatic heterocycles. The molecule has 1 saturated heterocycles. The predicted molar refractivity (Wildman–Crippen MR) is 90.2 cm³/mol. The van der Waals surface area contributed by atoms with Gasteiger partial charge in [-0.05, 0) is 37.6 Å². The van der Waals surface area contributed by atoms with Gasteiger partial charge < -0.3 is 10.1 Å². The third-order valence-corrected chi connectivity index (χ3v) is 5.76. The molecule has 128 valence electrons. The monoisotopic (exact) mass is 349 g/mol. The highest BCUT2D eigenvalue weighted by molar-refractivity contribution is 7.91. The van der Waals surface area contributed by atoms with Crippen LogP contribution in [-0.2, 0) is 9.84 Å². The number of hydrogen-bond donors (Lipinski definition) is 1. The second-order valence-electron chi connectivity index (χ2n) is 5.86. The van der Waals surface area contributed by atoms with E-state index in [2.05, 4.69) is 10.4 Å². The van der Waals surface area contributed by atoms with Crippen molar-refractivity contribution < 1.29 is 17.9 Å². The van der Waals surface area contributed by atoms with Gasteiger partial charge >= 0.3 is 0 Å². The minimum atomic E-state index is -3.03. The maximum atomic E-state index is 12.4. The number of nitrogens with zero attached hydrogens (tertiary/aromatic N) is 2. The van der Waals surface area contributed by atoms with Crippen molar-refractivity contribution in [3.63, 3.8) is 0 Å². The molecular weight excluding hydrogens is 330 g/mol. The number of carbonyl (C=O) groups excluding carboxylic acids is 1. The number of anilines is 1. The summed E-state index contributed by atoms with van der Waals surface area (Å²) in [5.74, 6) is 1.11. The molecule has 1 N–H and O–H groups in total. The zero-order valence-electron chi connectivity index (χ0n) is 13.5. The van der Waals surface area contributed by atoms with Gasteiger partial charge in [0.15, 0.2) is 9.84 Å². The number of nitrogens with one attached hydrogen (secondary N) is 1. The van der Waals surface area contributed by atoms with Gasteiger partial charge in [0.2, 0.25) is 0 Å². The summed E-state index contributed by atoms with van der Waals surface area (Å²) < 4.78 is 30.1. The number of hydrogen-bond acceptors (Lipinski definition) is 5. The minimum Gasteiger partial charge on any atom is -0.497 e. The molecule has 1 atom stereocenters. The number of aryl methyl sites for hydroxylation is 1. The number of carbonyl (C=O) groups is 1. The average molecular weight is 349 g/mol. The molecule has 0 bridgehead atoms. The van der Waals surface area contributed by atoms with Crippen molar-refractivity contribution in [2.45, 2.75) is 19.4 Å². The second kappa shape index (κ2) is 6.27. The molecule has 2 aromatic rings. The molecule has 0 unspecified atom stereocenters. The molecule has 8 heteroatoms. The quantitative estimate of drug-likeness (QED) is 0.909. The zero-order valence-corrected chi connectivity index (χ0v) is 14.3. The Hall–Kier alpha value is -2.35. The molecule has 3 rings (SSSR count). The summed E-state index contributed by atoms with van der Waals surface area (Å²) in [6.45, 7) is 1.81. The summed E-state index contributed by atoms with van der Waals surface area (Å²) in [7, 11) is -1.47. The van der Waals surface area contributed by atoms with Gasteiger partial charge in [0, 0.05) is 11.6 Å². The van der Waals surface area contributed by atoms with Gasteiger partial charge in [-0.15, -0.1) is 0 Å². The van der Waals surface area contributed by atoms with Crippen LogP contribution in [0.2, 0.25) is 0 Å². The number of rotatable bonds is 4. The first-order valence-electron chi connectivity index (χ1n) is 7.60. The number of ether oxygens (including phenoxy) is 1. The summed E-state index contributed by atoms with van der Waals surface area (Å²) >= 11 is 0. The predicted octanol–water partition coefficient (Wildman–Crippen LogP) is 1.81. The van der Waals surface area contributed by atoms with Crippen LogP contribution in [0.5, 0.6) is 5.75 Å². The maximum Gasteiger partial charge on any atom is 0.256 e. The largest absolute Gasteiger partial charge is 0.497 e. The van der Waals surface area contributed by atoms with Gasteiger partial charge in [-0.25, -0.2) is 13.1 Å². The van der Waals surface area contributed by atoms with Crippen LogP contribution in [0.3, 0.4) is 0 Å². The van der Waals surface area contributed by atoms with Crippen molar-refractivity contribution in [2.75, 3.05) is 23.9 Å². The molecule has 1 aromatic heterocycles. The molecule has 24 heavy (non-hydrogen) atoms. The number of sulfone groups is 1. The Morgan fingerprint density at radius 3 is 2.62 bits per heavy atom. The van der Waals surface area contributed by atoms with E-state index in [0.29, 0.717) is 23.6 Å². The van der Waals surface area contributed by atoms with E-state index >= 15 is 0 Å². The normalized spacial score (nSPS) is 19.2. The van der Waals surface area contributed by atoms with Gasteiger partial charge in [0.25, 0.3) is 5.91 Å². The van der Waals surface area contributed by atoms with Crippen LogP contribution in [0.4, 0.5) is 5.82 Å². The molecule has 7 nitrogen and oxygen atoms in total. The Balaban J connectivity index is 1.81. The van der Waals surface area contributed by atoms with E-state index in [1.807, 2.05) is 6.92 Å². The van der Waals surface area contributed by atoms with Crippen LogP contribution in [-0.4, -0.2) is 42.7 Å². The van der Waals surface area contributed by atoms with Crippen molar-refractivity contribution in [2.24, 2.45) is 0 Å². The van der Waals surface area contributed by atoms with E-state index in [4.69, 9.17) is 4.74 Å². The summed E-state index contributed by atoms with van der Waals surface area (Å²) in [6.07, 6.45) is 0.509. The first-order valence-corrected chi connectivity index (χ1v) is 9.42. The fraction of sp³-hybridized carbons (Fsp3) is 0.375. The average Bonchev–Trinajstić information content (AvgIpc) is 3.09. The fourth-order valence-electron chi connectivity index (χ4n) is 2.79. The Labute approximate surface area is 140 Å². The Kier molecular flexibility index (Phi) is 4.31. The van der Waals surface area contributed by atoms with Gasteiger partial charge in [0.05, 0.1) is 30.4 Å². The number of aromatic nitrogens is 2. The van der Waals surface area contributed by atoms with Crippen molar-refractivity contribution in [3.05, 3.63) is 41.6 Å². The summed E-state index contributed by atoms with van der Waals surface area (Å²) in [5.41, 5.74) is 1.21. The van der Waals surface area contributed by atoms with Gasteiger partial charge in [-0.1, -0.05) is 0 Å². The Bertz CT molecular complexity index is 856. The van der Waals surface area contributed by atoms with E-state index in [0.717, 1.165) is 5.69 Å². The lowest BCUT2D eigenvalue weighted by molar-refractivity contribution is 0.102. The standard InChI is InChI=1S/C16H19N3O4S/c1-11-9-15(19(18-11)13-7-8-24(21,22)10-13)17-16(20)12-3-5-14(23-2)6-4-12/h3-6,9,13H,7-8,10H2,1-2H3,(H,17,20)/t13-/m0/s1. The third kappa shape index (κ3) is 3.43. The van der Waals surface area contributed by atoms with Crippen LogP contribution in [0.25, 0.3) is 0 Å². The first kappa shape index (κ1) is 16.5. The molecule has 1 aliphatic rings. The number of benzene rings is 1. The summed E-state index contributed by atoms with van der Waals surface area (Å²) in [4.78, 5) is 12.4. The fourth-order valence-corrected chi connectivity index (χ4v) is 4.48. The highest BCUT2D eigenvalue weighted by Gasteiger charge is 2.31. The van der Waals surface area contributed by atoms with E-state index in [9.17, 15) is 13.2 Å². The second-order valence-corrected chi connectivity index (χ2v) is 8.08. The number of amides is 1. The van der Waals surface area contributed by atoms with Gasteiger partial charge in [-0.3, -0.25) is 4.79 Å². The van der Waals surface area contributed by atoms with Gasteiger partial charge in [-0.2, -0.15) is 5.10 Å². The molecule has 1 fully saturated rings. The highest BCUT2D eigenvalue weighted by Crippen LogP contribution is 2.27. The van der Waals surface area contributed by atoms with E-state index < -0.39 is 9.84 Å². The van der Waals surface area contributed by atoms with Crippen molar-refractivity contribution in [1.82, 2.24) is 9.78 Å². The Morgan fingerprint density at radius 1 is 1.33 bits per heavy atom. The number of methoxy groups -OCH3 is 1. The minimum absolute atomic E-state index is 0.0551. The van der Waals surface area contributed by atoms with Crippen LogP contribution >= 0.6 is 0 Å².